The van der Waals surface area contributed by atoms with Gasteiger partial charge in [-0.05, 0) is 72.4 Å². The highest BCUT2D eigenvalue weighted by Crippen LogP contribution is 2.48. The van der Waals surface area contributed by atoms with Crippen LogP contribution in [0.5, 0.6) is 11.8 Å². The van der Waals surface area contributed by atoms with Crippen molar-refractivity contribution >= 4 is 27.5 Å². The molecule has 0 amide bonds. The molecule has 4 atom stereocenters. The summed E-state index contributed by atoms with van der Waals surface area (Å²) in [6, 6.07) is 7.72. The van der Waals surface area contributed by atoms with E-state index in [1.165, 1.54) is 18.2 Å². The van der Waals surface area contributed by atoms with Gasteiger partial charge in [0, 0.05) is 78.4 Å². The van der Waals surface area contributed by atoms with Crippen LogP contribution in [0.3, 0.4) is 0 Å². The second kappa shape index (κ2) is 11.7. The Morgan fingerprint density at radius 3 is 2.41 bits per heavy atom. The van der Waals surface area contributed by atoms with Gasteiger partial charge in [-0.3, -0.25) is 0 Å². The second-order valence-corrected chi connectivity index (χ2v) is 15.6. The van der Waals surface area contributed by atoms with Crippen molar-refractivity contribution in [3.8, 4) is 22.9 Å². The molecule has 5 fully saturated rings. The zero-order valence-electron chi connectivity index (χ0n) is 27.9. The molecule has 258 valence electrons. The summed E-state index contributed by atoms with van der Waals surface area (Å²) < 4.78 is 59.5. The highest BCUT2D eigenvalue weighted by Gasteiger charge is 2.48. The van der Waals surface area contributed by atoms with Gasteiger partial charge in [-0.1, -0.05) is 19.9 Å². The molecule has 5 aliphatic rings. The van der Waals surface area contributed by atoms with Crippen LogP contribution in [-0.4, -0.2) is 84.6 Å². The molecule has 1 aromatic heterocycles. The maximum Gasteiger partial charge on any atom is 0.319 e. The largest absolute Gasteiger partial charge is 0.508 e. The maximum atomic E-state index is 17.3. The second-order valence-electron chi connectivity index (χ2n) is 15.6. The summed E-state index contributed by atoms with van der Waals surface area (Å²) in [5.41, 5.74) is 0.840. The van der Waals surface area contributed by atoms with Gasteiger partial charge in [-0.15, -0.1) is 0 Å². The Morgan fingerprint density at radius 1 is 0.980 bits per heavy atom. The lowest BCUT2D eigenvalue weighted by Crippen LogP contribution is -2.51. The number of fused-ring (bicyclic) bond motifs is 5. The molecule has 11 heteroatoms. The molecule has 4 aromatic rings. The van der Waals surface area contributed by atoms with E-state index in [1.54, 1.807) is 0 Å². The first-order chi connectivity index (χ1) is 23.6. The summed E-state index contributed by atoms with van der Waals surface area (Å²) in [6.07, 6.45) is 4.26. The van der Waals surface area contributed by atoms with Crippen LogP contribution < -0.4 is 15.0 Å². The molecular formula is C38H42F3N5O3. The molecule has 0 spiro atoms. The Bertz CT molecular complexity index is 1950. The predicted molar refractivity (Wildman–Crippen MR) is 182 cm³/mol. The van der Waals surface area contributed by atoms with Crippen LogP contribution in [-0.2, 0) is 4.74 Å². The monoisotopic (exact) mass is 673 g/mol. The quantitative estimate of drug-likeness (QED) is 0.223. The van der Waals surface area contributed by atoms with Crippen molar-refractivity contribution in [2.75, 3.05) is 57.4 Å². The molecule has 2 N–H and O–H groups in total. The minimum Gasteiger partial charge on any atom is -0.508 e. The van der Waals surface area contributed by atoms with Crippen molar-refractivity contribution in [3.63, 3.8) is 0 Å². The van der Waals surface area contributed by atoms with Crippen LogP contribution in [0.25, 0.3) is 32.8 Å². The number of phenolic OH excluding ortho intramolecular Hbond substituents is 1. The SMILES string of the molecule is CC(C)c1cc2c(N3CC4CCC(C3)N4)nc(OCC3(CN4C[C@H]5COC[C@H]5C4)CC3)nc2c(F)c1-c1cc(O)cc2ccc(F)c(F)c12. The van der Waals surface area contributed by atoms with E-state index < -0.39 is 17.5 Å². The van der Waals surface area contributed by atoms with Crippen LogP contribution >= 0.6 is 0 Å². The lowest BCUT2D eigenvalue weighted by Gasteiger charge is -2.34. The van der Waals surface area contributed by atoms with Gasteiger partial charge in [-0.2, -0.15) is 9.97 Å². The van der Waals surface area contributed by atoms with E-state index in [1.807, 2.05) is 19.9 Å². The van der Waals surface area contributed by atoms with Crippen molar-refractivity contribution < 1.29 is 27.8 Å². The van der Waals surface area contributed by atoms with E-state index in [-0.39, 0.29) is 50.5 Å². The Balaban J connectivity index is 1.15. The van der Waals surface area contributed by atoms with Crippen LogP contribution in [0.1, 0.15) is 51.0 Å². The minimum absolute atomic E-state index is 0.0133. The van der Waals surface area contributed by atoms with Gasteiger partial charge in [0.2, 0.25) is 0 Å². The molecule has 1 aliphatic carbocycles. The number of phenols is 1. The number of aromatic nitrogens is 2. The van der Waals surface area contributed by atoms with E-state index in [4.69, 9.17) is 19.4 Å². The fourth-order valence-corrected chi connectivity index (χ4v) is 8.92. The number of rotatable bonds is 8. The van der Waals surface area contributed by atoms with Gasteiger partial charge in [0.15, 0.2) is 17.5 Å². The Hall–Kier alpha value is -3.67. The number of nitrogens with one attached hydrogen (secondary N) is 1. The van der Waals surface area contributed by atoms with Gasteiger partial charge in [0.05, 0.1) is 19.8 Å². The average Bonchev–Trinajstić information content (AvgIpc) is 3.32. The van der Waals surface area contributed by atoms with Crippen molar-refractivity contribution in [3.05, 3.63) is 53.3 Å². The molecule has 2 unspecified atom stereocenters. The molecule has 3 aromatic carbocycles. The molecule has 4 saturated heterocycles. The number of hydrogen-bond donors (Lipinski definition) is 2. The van der Waals surface area contributed by atoms with Crippen molar-refractivity contribution in [1.82, 2.24) is 20.2 Å². The summed E-state index contributed by atoms with van der Waals surface area (Å²) in [6.45, 7) is 10.5. The number of nitrogens with zero attached hydrogens (tertiary/aromatic N) is 4. The first kappa shape index (κ1) is 31.3. The Morgan fingerprint density at radius 2 is 1.71 bits per heavy atom. The molecular weight excluding hydrogens is 631 g/mol. The zero-order chi connectivity index (χ0) is 33.6. The number of halogens is 3. The first-order valence-electron chi connectivity index (χ1n) is 17.7. The number of benzene rings is 3. The van der Waals surface area contributed by atoms with E-state index in [0.717, 1.165) is 77.7 Å². The number of hydrogen-bond acceptors (Lipinski definition) is 8. The molecule has 2 bridgehead atoms. The number of aromatic hydroxyl groups is 1. The van der Waals surface area contributed by atoms with E-state index >= 15 is 8.78 Å². The molecule has 5 heterocycles. The summed E-state index contributed by atoms with van der Waals surface area (Å²) >= 11 is 0. The predicted octanol–water partition coefficient (Wildman–Crippen LogP) is 6.37. The number of piperazine rings is 1. The fourth-order valence-electron chi connectivity index (χ4n) is 8.92. The van der Waals surface area contributed by atoms with Gasteiger partial charge in [-0.25, -0.2) is 13.2 Å². The third kappa shape index (κ3) is 5.49. The lowest BCUT2D eigenvalue weighted by atomic mass is 9.87. The maximum absolute atomic E-state index is 17.3. The molecule has 0 radical (unpaired) electrons. The normalized spacial score (nSPS) is 26.0. The van der Waals surface area contributed by atoms with Crippen LogP contribution in [0.15, 0.2) is 30.3 Å². The summed E-state index contributed by atoms with van der Waals surface area (Å²) in [7, 11) is 0. The highest BCUT2D eigenvalue weighted by atomic mass is 19.2. The summed E-state index contributed by atoms with van der Waals surface area (Å²) in [4.78, 5) is 14.5. The van der Waals surface area contributed by atoms with E-state index in [2.05, 4.69) is 15.1 Å². The summed E-state index contributed by atoms with van der Waals surface area (Å²) in [5.74, 6) is -1.32. The molecule has 4 aliphatic heterocycles. The lowest BCUT2D eigenvalue weighted by molar-refractivity contribution is 0.131. The topological polar surface area (TPSA) is 83.0 Å². The first-order valence-corrected chi connectivity index (χ1v) is 17.7. The summed E-state index contributed by atoms with van der Waals surface area (Å²) in [5, 5.41) is 15.1. The smallest absolute Gasteiger partial charge is 0.319 e. The van der Waals surface area contributed by atoms with Crippen LogP contribution in [0, 0.1) is 34.7 Å². The van der Waals surface area contributed by atoms with E-state index in [0.29, 0.717) is 47.3 Å². The highest BCUT2D eigenvalue weighted by molar-refractivity contribution is 6.03. The zero-order valence-corrected chi connectivity index (χ0v) is 27.9. The van der Waals surface area contributed by atoms with Gasteiger partial charge < -0.3 is 29.7 Å². The van der Waals surface area contributed by atoms with Crippen molar-refractivity contribution in [1.29, 1.82) is 0 Å². The Kier molecular flexibility index (Phi) is 7.48. The number of likely N-dealkylation sites (tertiary alicyclic amines) is 1. The van der Waals surface area contributed by atoms with Crippen molar-refractivity contribution in [2.45, 2.75) is 57.5 Å². The molecule has 1 saturated carbocycles. The average molecular weight is 674 g/mol. The fraction of sp³-hybridized carbons (Fsp3) is 0.526. The number of ether oxygens (including phenoxy) is 2. The van der Waals surface area contributed by atoms with E-state index in [9.17, 15) is 9.50 Å². The third-order valence-electron chi connectivity index (χ3n) is 11.7. The Labute approximate surface area is 283 Å². The minimum atomic E-state index is -1.09. The standard InChI is InChI=1S/C38H42F3N5O3/c1-20(2)27-11-29-35(34(41)32(27)28-10-26(47)9-21-3-6-30(39)33(40)31(21)28)43-37(44-36(29)46-14-24-4-5-25(15-46)42-24)49-19-38(7-8-38)18-45-12-22-16-48-17-23(22)13-45/h3,6,9-11,20,22-25,42,47H,4-5,7-8,12-19H2,1-2H3/t22-,23+,24?,25?. The molecule has 8 nitrogen and oxygen atoms in total. The number of anilines is 1. The van der Waals surface area contributed by atoms with Gasteiger partial charge in [0.25, 0.3) is 0 Å². The van der Waals surface area contributed by atoms with Gasteiger partial charge in [0.1, 0.15) is 17.1 Å². The van der Waals surface area contributed by atoms with Crippen LogP contribution in [0.4, 0.5) is 19.0 Å². The third-order valence-corrected chi connectivity index (χ3v) is 11.7. The van der Waals surface area contributed by atoms with Gasteiger partial charge >= 0.3 is 6.01 Å². The molecule has 49 heavy (non-hydrogen) atoms. The van der Waals surface area contributed by atoms with Crippen LogP contribution in [0.2, 0.25) is 0 Å². The molecule has 9 rings (SSSR count). The van der Waals surface area contributed by atoms with Crippen molar-refractivity contribution in [2.24, 2.45) is 17.3 Å².